The Morgan fingerprint density at radius 1 is 0.557 bits per heavy atom. The number of ketones is 1. The Morgan fingerprint density at radius 3 is 1.75 bits per heavy atom. The van der Waals surface area contributed by atoms with E-state index in [1.807, 2.05) is 102 Å². The molecule has 4 aromatic carbocycles. The summed E-state index contributed by atoms with van der Waals surface area (Å²) >= 11 is 1.43. The zero-order valence-corrected chi connectivity index (χ0v) is 34.6. The second-order valence-electron chi connectivity index (χ2n) is 16.0. The second kappa shape index (κ2) is 20.2. The SMILES string of the molecule is O=C(O)[C@H]1CC(=O)[C@@H](Cc2ccccc2)NC(=O)[C@H](Cc2ccc(-c3ccccc3)cc2)NC(=O)[C@@H](Cc2cccs2)NC(=O)[C@@H]2CCCC[C@H]2C(=O)Nc2ccc(cc2)C1. The number of carboxylic acids is 1. The second-order valence-corrected chi connectivity index (χ2v) is 17.0. The molecule has 1 aromatic heterocycles. The minimum Gasteiger partial charge on any atom is -0.481 e. The lowest BCUT2D eigenvalue weighted by molar-refractivity contribution is -0.144. The first-order valence-electron chi connectivity index (χ1n) is 20.9. The van der Waals surface area contributed by atoms with Crippen molar-refractivity contribution < 1.29 is 33.9 Å². The van der Waals surface area contributed by atoms with Gasteiger partial charge in [0.1, 0.15) is 12.1 Å². The Kier molecular flexibility index (Phi) is 14.2. The summed E-state index contributed by atoms with van der Waals surface area (Å²) in [4.78, 5) is 84.8. The fraction of sp³-hybridized carbons (Fsp3) is 0.306. The van der Waals surface area contributed by atoms with Crippen molar-refractivity contribution in [1.82, 2.24) is 16.0 Å². The summed E-state index contributed by atoms with van der Waals surface area (Å²) in [6, 6.07) is 33.8. The van der Waals surface area contributed by atoms with E-state index in [2.05, 4.69) is 21.3 Å². The van der Waals surface area contributed by atoms with Crippen LogP contribution < -0.4 is 21.3 Å². The average Bonchev–Trinajstić information content (AvgIpc) is 3.80. The number of rotatable bonds is 8. The van der Waals surface area contributed by atoms with E-state index in [4.69, 9.17) is 0 Å². The van der Waals surface area contributed by atoms with Crippen molar-refractivity contribution in [3.63, 3.8) is 0 Å². The molecule has 11 nitrogen and oxygen atoms in total. The predicted molar refractivity (Wildman–Crippen MR) is 235 cm³/mol. The standard InChI is InChI=1S/C49H50N4O7S/c54-44-29-36(49(59)60)26-32-19-23-37(24-20-32)50-45(55)39-15-7-8-16-40(39)46(56)52-43(30-38-14-9-25-61-38)48(58)53-42(47(57)51-41(44)27-31-10-3-1-4-11-31)28-33-17-21-35(22-18-33)34-12-5-2-6-13-34/h1-6,9-14,17-25,36,39-43H,7-8,15-16,26-30H2,(H,50,55)(H,51,57)(H,52,56)(H,53,58)(H,59,60)/t36-,39-,40-,41-,42+,43-/m1/s1. The smallest absolute Gasteiger partial charge is 0.307 e. The molecule has 3 aliphatic rings. The molecule has 0 unspecified atom stereocenters. The van der Waals surface area contributed by atoms with Gasteiger partial charge in [-0.25, -0.2) is 0 Å². The summed E-state index contributed by atoms with van der Waals surface area (Å²) in [5.74, 6) is -6.02. The van der Waals surface area contributed by atoms with E-state index in [0.29, 0.717) is 24.1 Å². The van der Waals surface area contributed by atoms with Crippen LogP contribution in [0.2, 0.25) is 0 Å². The zero-order chi connectivity index (χ0) is 42.7. The molecule has 1 aliphatic carbocycles. The Morgan fingerprint density at radius 2 is 1.11 bits per heavy atom. The Balaban J connectivity index is 1.25. The Labute approximate surface area is 359 Å². The van der Waals surface area contributed by atoms with Gasteiger partial charge < -0.3 is 26.4 Å². The maximum Gasteiger partial charge on any atom is 0.307 e. The topological polar surface area (TPSA) is 171 Å². The van der Waals surface area contributed by atoms with Crippen molar-refractivity contribution in [3.05, 3.63) is 148 Å². The van der Waals surface area contributed by atoms with Crippen LogP contribution in [0.3, 0.4) is 0 Å². The molecule has 0 saturated heterocycles. The minimum atomic E-state index is -1.19. The van der Waals surface area contributed by atoms with E-state index in [-0.39, 0.29) is 38.0 Å². The maximum absolute atomic E-state index is 14.6. The lowest BCUT2D eigenvalue weighted by Crippen LogP contribution is -2.58. The predicted octanol–water partition coefficient (Wildman–Crippen LogP) is 6.56. The highest BCUT2D eigenvalue weighted by Gasteiger charge is 2.38. The zero-order valence-electron chi connectivity index (χ0n) is 33.8. The van der Waals surface area contributed by atoms with Gasteiger partial charge >= 0.3 is 5.97 Å². The molecular weight excluding hydrogens is 789 g/mol. The highest BCUT2D eigenvalue weighted by atomic mass is 32.1. The monoisotopic (exact) mass is 838 g/mol. The molecule has 314 valence electrons. The molecule has 1 saturated carbocycles. The average molecular weight is 839 g/mol. The molecule has 3 heterocycles. The molecule has 8 rings (SSSR count). The van der Waals surface area contributed by atoms with Crippen LogP contribution in [0, 0.1) is 17.8 Å². The van der Waals surface area contributed by atoms with Gasteiger partial charge in [-0.05, 0) is 77.1 Å². The molecule has 2 bridgehead atoms. The van der Waals surface area contributed by atoms with Crippen molar-refractivity contribution in [1.29, 1.82) is 0 Å². The molecule has 0 spiro atoms. The number of thiophene rings is 1. The molecule has 61 heavy (non-hydrogen) atoms. The largest absolute Gasteiger partial charge is 0.481 e. The van der Waals surface area contributed by atoms with Crippen LogP contribution in [-0.4, -0.2) is 58.6 Å². The van der Waals surface area contributed by atoms with E-state index >= 15 is 0 Å². The Bertz CT molecular complexity index is 2300. The van der Waals surface area contributed by atoms with Crippen LogP contribution >= 0.6 is 11.3 Å². The van der Waals surface area contributed by atoms with Crippen LogP contribution in [0.1, 0.15) is 53.7 Å². The number of carboxylic acid groups (broad SMARTS) is 1. The van der Waals surface area contributed by atoms with Gasteiger partial charge in [0.25, 0.3) is 0 Å². The molecule has 1 fully saturated rings. The van der Waals surface area contributed by atoms with E-state index in [1.54, 1.807) is 24.3 Å². The lowest BCUT2D eigenvalue weighted by atomic mass is 9.78. The summed E-state index contributed by atoms with van der Waals surface area (Å²) < 4.78 is 0. The number of hydrogen-bond acceptors (Lipinski definition) is 7. The molecule has 5 aromatic rings. The quantitative estimate of drug-likeness (QED) is 0.110. The molecular formula is C49H50N4O7S. The summed E-state index contributed by atoms with van der Waals surface area (Å²) in [6.07, 6.45) is 2.45. The molecule has 12 heteroatoms. The van der Waals surface area contributed by atoms with Gasteiger partial charge in [-0.15, -0.1) is 11.3 Å². The van der Waals surface area contributed by atoms with Crippen LogP contribution in [0.5, 0.6) is 0 Å². The van der Waals surface area contributed by atoms with Crippen molar-refractivity contribution in [2.24, 2.45) is 17.8 Å². The van der Waals surface area contributed by atoms with E-state index < -0.39 is 65.4 Å². The van der Waals surface area contributed by atoms with Crippen molar-refractivity contribution in [2.75, 3.05) is 5.32 Å². The minimum absolute atomic E-state index is 0.0372. The van der Waals surface area contributed by atoms with Gasteiger partial charge in [-0.2, -0.15) is 0 Å². The van der Waals surface area contributed by atoms with Crippen molar-refractivity contribution >= 4 is 52.4 Å². The molecule has 4 amide bonds. The van der Waals surface area contributed by atoms with Gasteiger partial charge in [0.15, 0.2) is 5.78 Å². The number of anilines is 1. The van der Waals surface area contributed by atoms with Gasteiger partial charge in [0.2, 0.25) is 23.6 Å². The van der Waals surface area contributed by atoms with Gasteiger partial charge in [0, 0.05) is 41.7 Å². The third-order valence-electron chi connectivity index (χ3n) is 11.7. The summed E-state index contributed by atoms with van der Waals surface area (Å²) in [6.45, 7) is 0. The van der Waals surface area contributed by atoms with Gasteiger partial charge in [-0.3, -0.25) is 28.8 Å². The van der Waals surface area contributed by atoms with Crippen molar-refractivity contribution in [3.8, 4) is 11.1 Å². The fourth-order valence-corrected chi connectivity index (χ4v) is 9.05. The molecule has 0 radical (unpaired) electrons. The van der Waals surface area contributed by atoms with E-state index in [0.717, 1.165) is 40.0 Å². The Hall–Kier alpha value is -6.40. The number of amides is 4. The third-order valence-corrected chi connectivity index (χ3v) is 12.6. The van der Waals surface area contributed by atoms with E-state index in [1.165, 1.54) is 11.3 Å². The number of carbonyl (C=O) groups is 6. The lowest BCUT2D eigenvalue weighted by Gasteiger charge is -2.31. The highest BCUT2D eigenvalue weighted by molar-refractivity contribution is 7.09. The fourth-order valence-electron chi connectivity index (χ4n) is 8.30. The van der Waals surface area contributed by atoms with Crippen LogP contribution in [0.4, 0.5) is 5.69 Å². The van der Waals surface area contributed by atoms with Crippen molar-refractivity contribution in [2.45, 2.75) is 75.9 Å². The number of aliphatic carboxylic acids is 1. The van der Waals surface area contributed by atoms with E-state index in [9.17, 15) is 33.9 Å². The number of hydrogen-bond donors (Lipinski definition) is 5. The molecule has 5 N–H and O–H groups in total. The normalized spacial score (nSPS) is 23.0. The maximum atomic E-state index is 14.6. The summed E-state index contributed by atoms with van der Waals surface area (Å²) in [5.41, 5.74) is 4.63. The number of nitrogens with one attached hydrogen (secondary N) is 4. The van der Waals surface area contributed by atoms with Crippen LogP contribution in [0.15, 0.2) is 127 Å². The number of Topliss-reactive ketones (excluding diaryl/α,β-unsaturated/α-hetero) is 1. The number of carbonyl (C=O) groups excluding carboxylic acids is 5. The van der Waals surface area contributed by atoms with Crippen LogP contribution in [-0.2, 0) is 54.5 Å². The molecule has 2 aliphatic heterocycles. The number of benzene rings is 4. The highest BCUT2D eigenvalue weighted by Crippen LogP contribution is 2.32. The van der Waals surface area contributed by atoms with Gasteiger partial charge in [-0.1, -0.05) is 116 Å². The van der Waals surface area contributed by atoms with Crippen LogP contribution in [0.25, 0.3) is 11.1 Å². The first-order chi connectivity index (χ1) is 29.6. The summed E-state index contributed by atoms with van der Waals surface area (Å²) in [5, 5.41) is 24.0. The molecule has 6 atom stereocenters. The number of fused-ring (bicyclic) bond motifs is 15. The third kappa shape index (κ3) is 11.5. The first kappa shape index (κ1) is 42.7. The summed E-state index contributed by atoms with van der Waals surface area (Å²) in [7, 11) is 0. The van der Waals surface area contributed by atoms with Gasteiger partial charge in [0.05, 0.1) is 12.0 Å². The first-order valence-corrected chi connectivity index (χ1v) is 21.7.